The Hall–Kier alpha value is -1.58. The molecule has 0 unspecified atom stereocenters. The van der Waals surface area contributed by atoms with Crippen LogP contribution in [0, 0.1) is 0 Å². The molecule has 0 aromatic carbocycles. The second-order valence-electron chi connectivity index (χ2n) is 2.08. The summed E-state index contributed by atoms with van der Waals surface area (Å²) >= 11 is 0. The zero-order chi connectivity index (χ0) is 10.3. The Balaban J connectivity index is 0.000000671. The SMILES string of the molecule is C=Cc1nccn1/N=C(\C)N.CC. The summed E-state index contributed by atoms with van der Waals surface area (Å²) in [6.07, 6.45) is 4.98. The quantitative estimate of drug-likeness (QED) is 0.556. The van der Waals surface area contributed by atoms with Crippen molar-refractivity contribution in [2.24, 2.45) is 10.8 Å². The first-order valence-corrected chi connectivity index (χ1v) is 4.21. The highest BCUT2D eigenvalue weighted by Crippen LogP contribution is 1.97. The number of nitrogens with two attached hydrogens (primary N) is 1. The zero-order valence-electron chi connectivity index (χ0n) is 8.36. The van der Waals surface area contributed by atoms with Gasteiger partial charge in [0.1, 0.15) is 5.84 Å². The molecular weight excluding hydrogens is 164 g/mol. The molecule has 2 N–H and O–H groups in total. The highest BCUT2D eigenvalue weighted by Gasteiger charge is 1.93. The van der Waals surface area contributed by atoms with Crippen LogP contribution in [0.15, 0.2) is 24.1 Å². The van der Waals surface area contributed by atoms with Crippen LogP contribution in [0.2, 0.25) is 0 Å². The number of aromatic nitrogens is 2. The molecule has 4 nitrogen and oxygen atoms in total. The van der Waals surface area contributed by atoms with Gasteiger partial charge in [0.15, 0.2) is 5.82 Å². The Morgan fingerprint density at radius 3 is 2.77 bits per heavy atom. The molecule has 1 aromatic rings. The molecule has 0 aliphatic rings. The van der Waals surface area contributed by atoms with Crippen LogP contribution in [0.1, 0.15) is 26.6 Å². The molecule has 0 amide bonds. The van der Waals surface area contributed by atoms with Crippen LogP contribution in [0.25, 0.3) is 6.08 Å². The van der Waals surface area contributed by atoms with E-state index >= 15 is 0 Å². The van der Waals surface area contributed by atoms with E-state index in [0.717, 1.165) is 0 Å². The van der Waals surface area contributed by atoms with Crippen molar-refractivity contribution in [1.82, 2.24) is 9.66 Å². The first-order chi connectivity index (χ1) is 6.24. The average molecular weight is 180 g/mol. The molecule has 4 heteroatoms. The van der Waals surface area contributed by atoms with Crippen molar-refractivity contribution in [3.8, 4) is 0 Å². The van der Waals surface area contributed by atoms with E-state index < -0.39 is 0 Å². The van der Waals surface area contributed by atoms with Gasteiger partial charge >= 0.3 is 0 Å². The molecule has 1 aromatic heterocycles. The minimum Gasteiger partial charge on any atom is -0.386 e. The summed E-state index contributed by atoms with van der Waals surface area (Å²) in [5, 5.41) is 3.97. The summed E-state index contributed by atoms with van der Waals surface area (Å²) in [4.78, 5) is 3.97. The van der Waals surface area contributed by atoms with Crippen molar-refractivity contribution in [1.29, 1.82) is 0 Å². The van der Waals surface area contributed by atoms with E-state index in [2.05, 4.69) is 16.7 Å². The Labute approximate surface area is 78.8 Å². The summed E-state index contributed by atoms with van der Waals surface area (Å²) in [6, 6.07) is 0. The minimum atomic E-state index is 0.492. The smallest absolute Gasteiger partial charge is 0.152 e. The van der Waals surface area contributed by atoms with Crippen LogP contribution >= 0.6 is 0 Å². The fourth-order valence-electron chi connectivity index (χ4n) is 0.709. The molecule has 1 heterocycles. The van der Waals surface area contributed by atoms with Crippen molar-refractivity contribution >= 4 is 11.9 Å². The molecule has 13 heavy (non-hydrogen) atoms. The third kappa shape index (κ3) is 3.55. The fraction of sp³-hybridized carbons (Fsp3) is 0.333. The maximum Gasteiger partial charge on any atom is 0.152 e. The lowest BCUT2D eigenvalue weighted by Gasteiger charge is -1.95. The Morgan fingerprint density at radius 2 is 2.31 bits per heavy atom. The summed E-state index contributed by atoms with van der Waals surface area (Å²) in [6.45, 7) is 9.29. The maximum atomic E-state index is 5.37. The summed E-state index contributed by atoms with van der Waals surface area (Å²) in [7, 11) is 0. The van der Waals surface area contributed by atoms with Crippen LogP contribution in [-0.2, 0) is 0 Å². The van der Waals surface area contributed by atoms with Crippen molar-refractivity contribution in [2.45, 2.75) is 20.8 Å². The first-order valence-electron chi connectivity index (χ1n) is 4.21. The minimum absolute atomic E-state index is 0.492. The lowest BCUT2D eigenvalue weighted by atomic mass is 10.6. The van der Waals surface area contributed by atoms with Crippen LogP contribution in [0.5, 0.6) is 0 Å². The third-order valence-electron chi connectivity index (χ3n) is 1.10. The van der Waals surface area contributed by atoms with Gasteiger partial charge in [0, 0.05) is 12.4 Å². The molecule has 0 aliphatic heterocycles. The van der Waals surface area contributed by atoms with Gasteiger partial charge in [-0.1, -0.05) is 20.4 Å². The highest BCUT2D eigenvalue weighted by atomic mass is 15.4. The normalized spacial score (nSPS) is 10.2. The molecule has 1 rings (SSSR count). The van der Waals surface area contributed by atoms with Crippen LogP contribution < -0.4 is 5.73 Å². The molecule has 0 bridgehead atoms. The van der Waals surface area contributed by atoms with Crippen molar-refractivity contribution in [3.05, 3.63) is 24.8 Å². The molecule has 0 radical (unpaired) electrons. The maximum absolute atomic E-state index is 5.37. The van der Waals surface area contributed by atoms with Crippen LogP contribution in [-0.4, -0.2) is 15.5 Å². The number of amidine groups is 1. The van der Waals surface area contributed by atoms with E-state index in [4.69, 9.17) is 5.73 Å². The largest absolute Gasteiger partial charge is 0.386 e. The molecule has 0 atom stereocenters. The van der Waals surface area contributed by atoms with Gasteiger partial charge in [0.05, 0.1) is 0 Å². The van der Waals surface area contributed by atoms with E-state index in [9.17, 15) is 0 Å². The van der Waals surface area contributed by atoms with E-state index in [1.807, 2.05) is 13.8 Å². The lowest BCUT2D eigenvalue weighted by Crippen LogP contribution is -2.08. The van der Waals surface area contributed by atoms with Crippen molar-refractivity contribution in [3.63, 3.8) is 0 Å². The van der Waals surface area contributed by atoms with Gasteiger partial charge in [-0.3, -0.25) is 0 Å². The molecule has 0 fully saturated rings. The fourth-order valence-corrected chi connectivity index (χ4v) is 0.709. The summed E-state index contributed by atoms with van der Waals surface area (Å²) < 4.78 is 1.57. The third-order valence-corrected chi connectivity index (χ3v) is 1.10. The molecule has 72 valence electrons. The lowest BCUT2D eigenvalue weighted by molar-refractivity contribution is 0.857. The predicted molar refractivity (Wildman–Crippen MR) is 56.4 cm³/mol. The second-order valence-corrected chi connectivity index (χ2v) is 2.08. The zero-order valence-corrected chi connectivity index (χ0v) is 8.36. The standard InChI is InChI=1S/C7H10N4.C2H6/c1-3-7-9-4-5-11(7)10-6(2)8;1-2/h3-5H,1H2,2H3,(H2,8,10);1-2H3. The number of rotatable bonds is 2. The van der Waals surface area contributed by atoms with Gasteiger partial charge in [-0.2, -0.15) is 5.10 Å². The van der Waals surface area contributed by atoms with Gasteiger partial charge in [-0.15, -0.1) is 0 Å². The second kappa shape index (κ2) is 5.99. The van der Waals surface area contributed by atoms with Gasteiger partial charge in [-0.05, 0) is 13.0 Å². The Bertz CT molecular complexity index is 282. The van der Waals surface area contributed by atoms with Gasteiger partial charge in [0.25, 0.3) is 0 Å². The number of hydrogen-bond donors (Lipinski definition) is 1. The molecule has 0 saturated carbocycles. The van der Waals surface area contributed by atoms with Crippen molar-refractivity contribution < 1.29 is 0 Å². The molecule has 0 saturated heterocycles. The van der Waals surface area contributed by atoms with Gasteiger partial charge < -0.3 is 5.73 Å². The first kappa shape index (κ1) is 11.4. The van der Waals surface area contributed by atoms with Gasteiger partial charge in [-0.25, -0.2) is 9.66 Å². The molecule has 0 spiro atoms. The van der Waals surface area contributed by atoms with E-state index in [1.54, 1.807) is 30.1 Å². The van der Waals surface area contributed by atoms with Crippen LogP contribution in [0.3, 0.4) is 0 Å². The van der Waals surface area contributed by atoms with Crippen LogP contribution in [0.4, 0.5) is 0 Å². The van der Waals surface area contributed by atoms with E-state index in [-0.39, 0.29) is 0 Å². The Kier molecular flexibility index (Phi) is 5.27. The Morgan fingerprint density at radius 1 is 1.69 bits per heavy atom. The van der Waals surface area contributed by atoms with E-state index in [1.165, 1.54) is 0 Å². The topological polar surface area (TPSA) is 56.2 Å². The number of imidazole rings is 1. The highest BCUT2D eigenvalue weighted by molar-refractivity contribution is 5.77. The predicted octanol–water partition coefficient (Wildman–Crippen LogP) is 1.69. The molecular formula is C9H16N4. The number of hydrogen-bond acceptors (Lipinski definition) is 2. The van der Waals surface area contributed by atoms with Gasteiger partial charge in [0.2, 0.25) is 0 Å². The molecule has 0 aliphatic carbocycles. The van der Waals surface area contributed by atoms with Crippen molar-refractivity contribution in [2.75, 3.05) is 0 Å². The monoisotopic (exact) mass is 180 g/mol. The number of nitrogens with zero attached hydrogens (tertiary/aromatic N) is 3. The summed E-state index contributed by atoms with van der Waals surface area (Å²) in [5.74, 6) is 1.18. The summed E-state index contributed by atoms with van der Waals surface area (Å²) in [5.41, 5.74) is 5.37. The average Bonchev–Trinajstić information content (AvgIpc) is 2.54. The van der Waals surface area contributed by atoms with E-state index in [0.29, 0.717) is 11.7 Å².